The molecule has 0 saturated heterocycles. The summed E-state index contributed by atoms with van der Waals surface area (Å²) in [5.41, 5.74) is 3.05. The normalized spacial score (nSPS) is 11.0. The molecule has 0 aliphatic rings. The zero-order chi connectivity index (χ0) is 16.4. The van der Waals surface area contributed by atoms with Gasteiger partial charge < -0.3 is 9.47 Å². The van der Waals surface area contributed by atoms with Crippen LogP contribution in [0, 0.1) is 0 Å². The van der Waals surface area contributed by atoms with Crippen LogP contribution in [0.2, 0.25) is 0 Å². The molecule has 3 rings (SSSR count). The van der Waals surface area contributed by atoms with Gasteiger partial charge in [-0.05, 0) is 55.3 Å². The van der Waals surface area contributed by atoms with Crippen LogP contribution in [-0.4, -0.2) is 18.2 Å². The lowest BCUT2D eigenvalue weighted by atomic mass is 10.0. The van der Waals surface area contributed by atoms with Crippen molar-refractivity contribution < 1.29 is 9.47 Å². The molecule has 0 saturated carbocycles. The highest BCUT2D eigenvalue weighted by atomic mass is 79.9. The van der Waals surface area contributed by atoms with Gasteiger partial charge in [0.15, 0.2) is 0 Å². The lowest BCUT2D eigenvalue weighted by molar-refractivity contribution is 0.242. The van der Waals surface area contributed by atoms with Crippen molar-refractivity contribution in [2.24, 2.45) is 0 Å². The average molecular weight is 372 g/mol. The number of benzene rings is 2. The van der Waals surface area contributed by atoms with Gasteiger partial charge in [0.05, 0.1) is 18.7 Å². The topological polar surface area (TPSA) is 31.4 Å². The second-order valence-electron chi connectivity index (χ2n) is 5.57. The summed E-state index contributed by atoms with van der Waals surface area (Å²) in [7, 11) is 1.63. The second-order valence-corrected chi connectivity index (χ2v) is 6.48. The van der Waals surface area contributed by atoms with Gasteiger partial charge >= 0.3 is 0 Å². The Morgan fingerprint density at radius 1 is 1.04 bits per heavy atom. The van der Waals surface area contributed by atoms with Crippen LogP contribution in [0.1, 0.15) is 13.8 Å². The van der Waals surface area contributed by atoms with E-state index in [1.54, 1.807) is 7.11 Å². The summed E-state index contributed by atoms with van der Waals surface area (Å²) in [6, 6.07) is 16.1. The fourth-order valence-corrected chi connectivity index (χ4v) is 2.89. The van der Waals surface area contributed by atoms with E-state index in [4.69, 9.17) is 9.47 Å². The summed E-state index contributed by atoms with van der Waals surface area (Å²) in [6.07, 6.45) is 0.142. The van der Waals surface area contributed by atoms with E-state index in [0.29, 0.717) is 5.88 Å². The molecular weight excluding hydrogens is 354 g/mol. The molecule has 0 spiro atoms. The Morgan fingerprint density at radius 2 is 1.87 bits per heavy atom. The molecule has 3 nitrogen and oxygen atoms in total. The third kappa shape index (κ3) is 3.48. The van der Waals surface area contributed by atoms with Crippen molar-refractivity contribution in [1.29, 1.82) is 0 Å². The average Bonchev–Trinajstić information content (AvgIpc) is 2.53. The van der Waals surface area contributed by atoms with E-state index in [2.05, 4.69) is 39.1 Å². The maximum Gasteiger partial charge on any atom is 0.214 e. The molecular formula is C19H18BrNO2. The molecule has 1 heterocycles. The van der Waals surface area contributed by atoms with Crippen LogP contribution in [0.15, 0.2) is 53.0 Å². The van der Waals surface area contributed by atoms with E-state index in [0.717, 1.165) is 32.3 Å². The van der Waals surface area contributed by atoms with E-state index in [1.165, 1.54) is 0 Å². The molecule has 0 atom stereocenters. The van der Waals surface area contributed by atoms with Crippen molar-refractivity contribution in [1.82, 2.24) is 4.98 Å². The number of hydrogen-bond acceptors (Lipinski definition) is 3. The number of pyridine rings is 1. The zero-order valence-electron chi connectivity index (χ0n) is 13.3. The summed E-state index contributed by atoms with van der Waals surface area (Å²) in [5.74, 6) is 1.46. The number of rotatable bonds is 4. The highest BCUT2D eigenvalue weighted by Gasteiger charge is 2.10. The van der Waals surface area contributed by atoms with Crippen molar-refractivity contribution in [3.05, 3.63) is 53.0 Å². The Morgan fingerprint density at radius 3 is 2.61 bits per heavy atom. The second kappa shape index (κ2) is 6.59. The Kier molecular flexibility index (Phi) is 4.53. The summed E-state index contributed by atoms with van der Waals surface area (Å²) in [4.78, 5) is 4.52. The Labute approximate surface area is 144 Å². The van der Waals surface area contributed by atoms with Gasteiger partial charge in [-0.3, -0.25) is 0 Å². The lowest BCUT2D eigenvalue weighted by Crippen LogP contribution is -2.05. The van der Waals surface area contributed by atoms with Crippen LogP contribution in [-0.2, 0) is 0 Å². The van der Waals surface area contributed by atoms with Crippen molar-refractivity contribution in [2.45, 2.75) is 20.0 Å². The Bertz CT molecular complexity index is 846. The quantitative estimate of drug-likeness (QED) is 0.609. The van der Waals surface area contributed by atoms with E-state index in [-0.39, 0.29) is 6.10 Å². The Balaban J connectivity index is 2.20. The van der Waals surface area contributed by atoms with Crippen LogP contribution in [0.3, 0.4) is 0 Å². The maximum absolute atomic E-state index is 5.81. The van der Waals surface area contributed by atoms with Crippen LogP contribution < -0.4 is 9.47 Å². The number of methoxy groups -OCH3 is 1. The molecule has 118 valence electrons. The first kappa shape index (κ1) is 15.8. The fraction of sp³-hybridized carbons (Fsp3) is 0.211. The number of fused-ring (bicyclic) bond motifs is 1. The number of aromatic nitrogens is 1. The molecule has 0 unspecified atom stereocenters. The summed E-state index contributed by atoms with van der Waals surface area (Å²) in [6.45, 7) is 4.04. The smallest absolute Gasteiger partial charge is 0.214 e. The van der Waals surface area contributed by atoms with E-state index in [1.807, 2.05) is 44.2 Å². The first-order valence-electron chi connectivity index (χ1n) is 7.48. The minimum absolute atomic E-state index is 0.142. The monoisotopic (exact) mass is 371 g/mol. The standard InChI is InChI=1S/C19H18BrNO2/c1-12(2)23-15-6-4-5-13(9-15)16-11-19(22-3)21-18-8-7-14(20)10-17(16)18/h4-12H,1-3H3. The zero-order valence-corrected chi connectivity index (χ0v) is 14.9. The maximum atomic E-state index is 5.81. The highest BCUT2D eigenvalue weighted by Crippen LogP contribution is 2.34. The first-order valence-corrected chi connectivity index (χ1v) is 8.27. The largest absolute Gasteiger partial charge is 0.491 e. The summed E-state index contributed by atoms with van der Waals surface area (Å²) >= 11 is 3.54. The summed E-state index contributed by atoms with van der Waals surface area (Å²) < 4.78 is 12.2. The molecule has 0 fully saturated rings. The predicted octanol–water partition coefficient (Wildman–Crippen LogP) is 5.46. The molecule has 1 aromatic heterocycles. The molecule has 0 bridgehead atoms. The molecule has 2 aromatic carbocycles. The SMILES string of the molecule is COc1cc(-c2cccc(OC(C)C)c2)c2cc(Br)ccc2n1. The third-order valence-corrected chi connectivity index (χ3v) is 3.97. The highest BCUT2D eigenvalue weighted by molar-refractivity contribution is 9.10. The molecule has 0 aliphatic carbocycles. The molecule has 3 aromatic rings. The van der Waals surface area contributed by atoms with Gasteiger partial charge in [0, 0.05) is 15.9 Å². The van der Waals surface area contributed by atoms with Gasteiger partial charge in [-0.25, -0.2) is 4.98 Å². The molecule has 0 aliphatic heterocycles. The lowest BCUT2D eigenvalue weighted by Gasteiger charge is -2.13. The molecule has 4 heteroatoms. The number of halogens is 1. The van der Waals surface area contributed by atoms with Crippen molar-refractivity contribution in [3.8, 4) is 22.8 Å². The van der Waals surface area contributed by atoms with Gasteiger partial charge in [-0.15, -0.1) is 0 Å². The molecule has 0 amide bonds. The fourth-order valence-electron chi connectivity index (χ4n) is 2.53. The van der Waals surface area contributed by atoms with Crippen LogP contribution in [0.5, 0.6) is 11.6 Å². The van der Waals surface area contributed by atoms with Crippen LogP contribution in [0.25, 0.3) is 22.0 Å². The molecule has 0 N–H and O–H groups in total. The van der Waals surface area contributed by atoms with E-state index < -0.39 is 0 Å². The number of ether oxygens (including phenoxy) is 2. The van der Waals surface area contributed by atoms with Crippen molar-refractivity contribution in [2.75, 3.05) is 7.11 Å². The predicted molar refractivity (Wildman–Crippen MR) is 97.2 cm³/mol. The van der Waals surface area contributed by atoms with Crippen LogP contribution in [0.4, 0.5) is 0 Å². The van der Waals surface area contributed by atoms with Crippen molar-refractivity contribution in [3.63, 3.8) is 0 Å². The number of nitrogens with zero attached hydrogens (tertiary/aromatic N) is 1. The van der Waals surface area contributed by atoms with E-state index >= 15 is 0 Å². The minimum Gasteiger partial charge on any atom is -0.491 e. The molecule has 0 radical (unpaired) electrons. The van der Waals surface area contributed by atoms with Crippen molar-refractivity contribution >= 4 is 26.8 Å². The Hall–Kier alpha value is -2.07. The minimum atomic E-state index is 0.142. The van der Waals surface area contributed by atoms with E-state index in [9.17, 15) is 0 Å². The third-order valence-electron chi connectivity index (χ3n) is 3.47. The molecule has 23 heavy (non-hydrogen) atoms. The van der Waals surface area contributed by atoms with Gasteiger partial charge in [0.2, 0.25) is 5.88 Å². The summed E-state index contributed by atoms with van der Waals surface area (Å²) in [5, 5.41) is 1.07. The number of hydrogen-bond donors (Lipinski definition) is 0. The van der Waals surface area contributed by atoms with Gasteiger partial charge in [-0.1, -0.05) is 28.1 Å². The van der Waals surface area contributed by atoms with Gasteiger partial charge in [0.25, 0.3) is 0 Å². The van der Waals surface area contributed by atoms with Gasteiger partial charge in [0.1, 0.15) is 5.75 Å². The first-order chi connectivity index (χ1) is 11.1. The van der Waals surface area contributed by atoms with Crippen LogP contribution >= 0.6 is 15.9 Å². The van der Waals surface area contributed by atoms with Gasteiger partial charge in [-0.2, -0.15) is 0 Å².